The minimum Gasteiger partial charge on any atom is -0.495 e. The monoisotopic (exact) mass is 474 g/mol. The molecule has 160 valence electrons. The number of nitro benzene ring substituents is 1. The second-order valence-corrected chi connectivity index (χ2v) is 8.59. The van der Waals surface area contributed by atoms with Gasteiger partial charge in [0.1, 0.15) is 12.3 Å². The summed E-state index contributed by atoms with van der Waals surface area (Å²) in [6.07, 6.45) is 2.03. The van der Waals surface area contributed by atoms with E-state index in [1.54, 1.807) is 0 Å². The molecule has 0 radical (unpaired) electrons. The second kappa shape index (κ2) is 9.74. The van der Waals surface area contributed by atoms with Gasteiger partial charge >= 0.3 is 0 Å². The standard InChI is InChI=1S/C17H16Cl2N4O6S/c1-29-16-6-3-12(18)8-15(16)22(30(2,27)28)10-17(24)21-20-9-11-7-13(23(25)26)4-5-14(11)19/h3-9H,10H2,1-2H3,(H,21,24)/b20-9-. The number of hydrogen-bond donors (Lipinski definition) is 1. The second-order valence-electron chi connectivity index (χ2n) is 5.84. The minimum atomic E-state index is -3.88. The molecule has 0 unspecified atom stereocenters. The van der Waals surface area contributed by atoms with E-state index in [1.165, 1.54) is 43.5 Å². The Morgan fingerprint density at radius 1 is 1.30 bits per heavy atom. The number of non-ortho nitro benzene ring substituents is 1. The van der Waals surface area contributed by atoms with Gasteiger partial charge in [-0.15, -0.1) is 0 Å². The molecule has 1 amide bonds. The van der Waals surface area contributed by atoms with Crippen molar-refractivity contribution in [2.24, 2.45) is 5.10 Å². The highest BCUT2D eigenvalue weighted by atomic mass is 35.5. The number of halogens is 2. The Morgan fingerprint density at radius 3 is 2.60 bits per heavy atom. The number of amides is 1. The van der Waals surface area contributed by atoms with Crippen LogP contribution in [0.15, 0.2) is 41.5 Å². The minimum absolute atomic E-state index is 0.0772. The maximum atomic E-state index is 12.3. The van der Waals surface area contributed by atoms with Crippen LogP contribution in [0.2, 0.25) is 10.0 Å². The molecule has 0 aliphatic carbocycles. The predicted molar refractivity (Wildman–Crippen MR) is 114 cm³/mol. The number of hydrogen-bond acceptors (Lipinski definition) is 7. The van der Waals surface area contributed by atoms with Gasteiger partial charge < -0.3 is 4.74 Å². The average molecular weight is 475 g/mol. The zero-order valence-corrected chi connectivity index (χ0v) is 18.0. The number of rotatable bonds is 8. The van der Waals surface area contributed by atoms with Crippen molar-refractivity contribution < 1.29 is 22.9 Å². The molecule has 2 rings (SSSR count). The summed E-state index contributed by atoms with van der Waals surface area (Å²) in [6.45, 7) is -0.616. The zero-order valence-electron chi connectivity index (χ0n) is 15.7. The van der Waals surface area contributed by atoms with Crippen LogP contribution in [0.3, 0.4) is 0 Å². The molecule has 1 N–H and O–H groups in total. The van der Waals surface area contributed by atoms with Crippen molar-refractivity contribution in [3.8, 4) is 5.75 Å². The van der Waals surface area contributed by atoms with E-state index < -0.39 is 27.4 Å². The molecule has 0 saturated heterocycles. The maximum absolute atomic E-state index is 12.3. The van der Waals surface area contributed by atoms with Gasteiger partial charge in [-0.2, -0.15) is 5.10 Å². The van der Waals surface area contributed by atoms with Crippen molar-refractivity contribution in [3.63, 3.8) is 0 Å². The third-order valence-corrected chi connectivity index (χ3v) is 5.39. The summed E-state index contributed by atoms with van der Waals surface area (Å²) in [5, 5.41) is 14.9. The topological polar surface area (TPSA) is 131 Å². The molecule has 13 heteroatoms. The number of ether oxygens (including phenoxy) is 1. The van der Waals surface area contributed by atoms with E-state index in [1.807, 2.05) is 0 Å². The summed E-state index contributed by atoms with van der Waals surface area (Å²) < 4.78 is 30.4. The van der Waals surface area contributed by atoms with Crippen molar-refractivity contribution in [2.45, 2.75) is 0 Å². The van der Waals surface area contributed by atoms with Crippen LogP contribution >= 0.6 is 23.2 Å². The van der Waals surface area contributed by atoms with Crippen LogP contribution in [0, 0.1) is 10.1 Å². The third kappa shape index (κ3) is 6.05. The summed E-state index contributed by atoms with van der Waals surface area (Å²) >= 11 is 11.9. The molecule has 0 aromatic heterocycles. The number of nitro groups is 1. The number of carbonyl (C=O) groups excluding carboxylic acids is 1. The molecule has 0 spiro atoms. The van der Waals surface area contributed by atoms with Crippen LogP contribution in [0.4, 0.5) is 11.4 Å². The molecular formula is C17H16Cl2N4O6S. The Labute approximate surface area is 182 Å². The van der Waals surface area contributed by atoms with Gasteiger partial charge in [0.15, 0.2) is 0 Å². The van der Waals surface area contributed by atoms with Gasteiger partial charge in [0, 0.05) is 27.7 Å². The first-order valence-electron chi connectivity index (χ1n) is 8.10. The highest BCUT2D eigenvalue weighted by Crippen LogP contribution is 2.32. The number of methoxy groups -OCH3 is 1. The average Bonchev–Trinajstić information content (AvgIpc) is 2.66. The van der Waals surface area contributed by atoms with E-state index in [0.29, 0.717) is 0 Å². The van der Waals surface area contributed by atoms with Gasteiger partial charge in [0.05, 0.1) is 30.2 Å². The van der Waals surface area contributed by atoms with Crippen LogP contribution in [0.1, 0.15) is 5.56 Å². The van der Waals surface area contributed by atoms with E-state index in [2.05, 4.69) is 10.5 Å². The third-order valence-electron chi connectivity index (χ3n) is 3.68. The van der Waals surface area contributed by atoms with Crippen LogP contribution < -0.4 is 14.5 Å². The van der Waals surface area contributed by atoms with Gasteiger partial charge in [-0.3, -0.25) is 19.2 Å². The van der Waals surface area contributed by atoms with E-state index in [0.717, 1.165) is 16.8 Å². The summed E-state index contributed by atoms with van der Waals surface area (Å²) in [7, 11) is -2.53. The normalized spacial score (nSPS) is 11.3. The quantitative estimate of drug-likeness (QED) is 0.355. The first-order chi connectivity index (χ1) is 14.0. The number of anilines is 1. The summed E-state index contributed by atoms with van der Waals surface area (Å²) in [5.41, 5.74) is 2.22. The van der Waals surface area contributed by atoms with Gasteiger partial charge in [-0.25, -0.2) is 13.8 Å². The van der Waals surface area contributed by atoms with Gasteiger partial charge in [0.25, 0.3) is 11.6 Å². The lowest BCUT2D eigenvalue weighted by Gasteiger charge is -2.23. The fourth-order valence-electron chi connectivity index (χ4n) is 2.32. The Kier molecular flexibility index (Phi) is 7.59. The summed E-state index contributed by atoms with van der Waals surface area (Å²) in [5.74, 6) is -0.579. The van der Waals surface area contributed by atoms with Crippen LogP contribution in [0.5, 0.6) is 5.75 Å². The highest BCUT2D eigenvalue weighted by molar-refractivity contribution is 7.92. The Balaban J connectivity index is 2.21. The molecule has 0 aliphatic rings. The van der Waals surface area contributed by atoms with Crippen molar-refractivity contribution in [2.75, 3.05) is 24.2 Å². The number of benzene rings is 2. The van der Waals surface area contributed by atoms with Crippen LogP contribution in [0.25, 0.3) is 0 Å². The molecule has 2 aromatic carbocycles. The van der Waals surface area contributed by atoms with E-state index in [-0.39, 0.29) is 32.7 Å². The summed E-state index contributed by atoms with van der Waals surface area (Å²) in [6, 6.07) is 8.05. The fraction of sp³-hybridized carbons (Fsp3) is 0.176. The van der Waals surface area contributed by atoms with Gasteiger partial charge in [-0.05, 0) is 24.3 Å². The molecule has 0 heterocycles. The van der Waals surface area contributed by atoms with Crippen molar-refractivity contribution in [1.82, 2.24) is 5.43 Å². The van der Waals surface area contributed by atoms with E-state index >= 15 is 0 Å². The largest absolute Gasteiger partial charge is 0.495 e. The maximum Gasteiger partial charge on any atom is 0.270 e. The number of sulfonamides is 1. The lowest BCUT2D eigenvalue weighted by atomic mass is 10.2. The number of carbonyl (C=O) groups is 1. The first kappa shape index (κ1) is 23.4. The van der Waals surface area contributed by atoms with Gasteiger partial charge in [0.2, 0.25) is 10.0 Å². The van der Waals surface area contributed by atoms with Crippen molar-refractivity contribution >= 4 is 56.7 Å². The first-order valence-corrected chi connectivity index (χ1v) is 10.7. The number of hydrazone groups is 1. The lowest BCUT2D eigenvalue weighted by Crippen LogP contribution is -2.39. The summed E-state index contributed by atoms with van der Waals surface area (Å²) in [4.78, 5) is 22.5. The highest BCUT2D eigenvalue weighted by Gasteiger charge is 2.24. The predicted octanol–water partition coefficient (Wildman–Crippen LogP) is 2.83. The molecule has 10 nitrogen and oxygen atoms in total. The van der Waals surface area contributed by atoms with Gasteiger partial charge in [-0.1, -0.05) is 23.2 Å². The molecular weight excluding hydrogens is 459 g/mol. The molecule has 2 aromatic rings. The smallest absolute Gasteiger partial charge is 0.270 e. The fourth-order valence-corrected chi connectivity index (χ4v) is 3.51. The van der Waals surface area contributed by atoms with Crippen molar-refractivity contribution in [1.29, 1.82) is 0 Å². The number of nitrogens with zero attached hydrogens (tertiary/aromatic N) is 3. The Hall–Kier alpha value is -2.89. The molecule has 0 fully saturated rings. The lowest BCUT2D eigenvalue weighted by molar-refractivity contribution is -0.384. The van der Waals surface area contributed by atoms with Crippen molar-refractivity contribution in [3.05, 3.63) is 62.1 Å². The van der Waals surface area contributed by atoms with Crippen LogP contribution in [-0.4, -0.2) is 45.4 Å². The Bertz CT molecular complexity index is 1110. The molecule has 0 atom stereocenters. The molecule has 0 saturated carbocycles. The molecule has 30 heavy (non-hydrogen) atoms. The van der Waals surface area contributed by atoms with E-state index in [9.17, 15) is 23.3 Å². The van der Waals surface area contributed by atoms with Crippen LogP contribution in [-0.2, 0) is 14.8 Å². The SMILES string of the molecule is COc1ccc(Cl)cc1N(CC(=O)N/N=C\c1cc([N+](=O)[O-])ccc1Cl)S(C)(=O)=O. The molecule has 0 aliphatic heterocycles. The van der Waals surface area contributed by atoms with E-state index in [4.69, 9.17) is 27.9 Å². The number of nitrogens with one attached hydrogen (secondary N) is 1. The molecule has 0 bridgehead atoms. The zero-order chi connectivity index (χ0) is 22.5. The Morgan fingerprint density at radius 2 is 2.00 bits per heavy atom.